The molecule has 1 aliphatic carbocycles. The van der Waals surface area contributed by atoms with Crippen molar-refractivity contribution in [1.82, 2.24) is 14.7 Å². The Morgan fingerprint density at radius 3 is 1.86 bits per heavy atom. The van der Waals surface area contributed by atoms with Crippen molar-refractivity contribution in [2.24, 2.45) is 0 Å². The molecule has 0 radical (unpaired) electrons. The van der Waals surface area contributed by atoms with Crippen LogP contribution in [0.5, 0.6) is 0 Å². The molecule has 4 aliphatic rings. The largest absolute Gasteiger partial charge is 0.365 e. The summed E-state index contributed by atoms with van der Waals surface area (Å²) in [6.45, 7) is 7.46. The summed E-state index contributed by atoms with van der Waals surface area (Å²) in [5, 5.41) is 0. The van der Waals surface area contributed by atoms with Gasteiger partial charge in [-0.25, -0.2) is 0 Å². The molecular formula is C15H21N3O2S2. The number of nitrogens with zero attached hydrogens (tertiary/aromatic N) is 3. The first-order valence-corrected chi connectivity index (χ1v) is 9.34. The van der Waals surface area contributed by atoms with E-state index >= 15 is 0 Å². The molecule has 0 aromatic rings. The number of thiol groups is 1. The van der Waals surface area contributed by atoms with Crippen LogP contribution in [0, 0.1) is 0 Å². The fourth-order valence-corrected chi connectivity index (χ4v) is 2.28. The highest BCUT2D eigenvalue weighted by molar-refractivity contribution is 8.09. The lowest BCUT2D eigenvalue weighted by molar-refractivity contribution is -0.117. The highest BCUT2D eigenvalue weighted by atomic mass is 32.2. The Bertz CT molecular complexity index is 559. The van der Waals surface area contributed by atoms with Crippen LogP contribution < -0.4 is 0 Å². The number of carbonyl (C=O) groups is 2. The summed E-state index contributed by atoms with van der Waals surface area (Å²) in [7, 11) is 0. The minimum Gasteiger partial charge on any atom is -0.365 e. The van der Waals surface area contributed by atoms with E-state index in [0.717, 1.165) is 39.3 Å². The zero-order valence-corrected chi connectivity index (χ0v) is 14.6. The molecule has 1 atom stereocenters. The first-order valence-electron chi connectivity index (χ1n) is 7.53. The second-order valence-corrected chi connectivity index (χ2v) is 8.02. The van der Waals surface area contributed by atoms with E-state index in [2.05, 4.69) is 12.6 Å². The molecule has 120 valence electrons. The molecule has 1 unspecified atom stereocenters. The van der Waals surface area contributed by atoms with Crippen molar-refractivity contribution in [3.8, 4) is 0 Å². The number of thioether (sulfide) groups is 1. The Hall–Kier alpha value is -1.08. The first kappa shape index (κ1) is 15.8. The Morgan fingerprint density at radius 1 is 1.00 bits per heavy atom. The Morgan fingerprint density at radius 2 is 1.45 bits per heavy atom. The van der Waals surface area contributed by atoms with Crippen molar-refractivity contribution in [3.63, 3.8) is 0 Å². The Balaban J connectivity index is 0.000000254. The summed E-state index contributed by atoms with van der Waals surface area (Å²) in [5.74, 6) is 0.0485. The van der Waals surface area contributed by atoms with Crippen LogP contribution in [0.4, 0.5) is 0 Å². The van der Waals surface area contributed by atoms with E-state index in [1.807, 2.05) is 27.9 Å². The number of Topliss-reactive ketones (excluding diaryl/α,β-unsaturated/α-hetero) is 1. The van der Waals surface area contributed by atoms with Crippen LogP contribution in [0.2, 0.25) is 0 Å². The van der Waals surface area contributed by atoms with E-state index in [1.54, 1.807) is 11.8 Å². The van der Waals surface area contributed by atoms with Crippen LogP contribution in [0.15, 0.2) is 23.2 Å². The number of ketones is 2. The minimum atomic E-state index is 0.00546. The van der Waals surface area contributed by atoms with Gasteiger partial charge in [0.15, 0.2) is 0 Å². The molecule has 0 saturated carbocycles. The van der Waals surface area contributed by atoms with Gasteiger partial charge in [-0.15, -0.1) is 0 Å². The third kappa shape index (κ3) is 3.46. The van der Waals surface area contributed by atoms with Gasteiger partial charge in [-0.2, -0.15) is 24.4 Å². The van der Waals surface area contributed by atoms with Crippen molar-refractivity contribution >= 4 is 36.0 Å². The molecule has 0 aromatic carbocycles. The predicted molar refractivity (Wildman–Crippen MR) is 91.8 cm³/mol. The average molecular weight is 339 g/mol. The number of allylic oxidation sites excluding steroid dienone is 1. The van der Waals surface area contributed by atoms with E-state index in [1.165, 1.54) is 6.08 Å². The molecule has 3 fully saturated rings. The second-order valence-electron chi connectivity index (χ2n) is 5.72. The summed E-state index contributed by atoms with van der Waals surface area (Å²) in [6, 6.07) is 0. The van der Waals surface area contributed by atoms with Crippen LogP contribution in [0.25, 0.3) is 0 Å². The van der Waals surface area contributed by atoms with Gasteiger partial charge in [0, 0.05) is 49.9 Å². The third-order valence-corrected chi connectivity index (χ3v) is 5.14. The zero-order valence-electron chi connectivity index (χ0n) is 12.9. The topological polar surface area (TPSA) is 43.2 Å². The standard InChI is InChI=1S/C12H13N3O2.C3H8S2/c16-9-7-8(13-1-2-13)12(17)11(15-5-6-15)10(9)14-3-4-14;1-3(4)5-2/h7H,1-6H2;3-4H,1-2H3. The third-order valence-electron chi connectivity index (χ3n) is 3.83. The van der Waals surface area contributed by atoms with Crippen molar-refractivity contribution in [1.29, 1.82) is 0 Å². The molecular weight excluding hydrogens is 318 g/mol. The molecule has 0 amide bonds. The Kier molecular flexibility index (Phi) is 4.45. The quantitative estimate of drug-likeness (QED) is 0.354. The monoisotopic (exact) mass is 339 g/mol. The number of hydrogen-bond donors (Lipinski definition) is 1. The van der Waals surface area contributed by atoms with Crippen LogP contribution in [-0.4, -0.2) is 76.4 Å². The van der Waals surface area contributed by atoms with Crippen LogP contribution >= 0.6 is 24.4 Å². The van der Waals surface area contributed by atoms with Gasteiger partial charge in [0.2, 0.25) is 11.6 Å². The normalized spacial score (nSPS) is 24.0. The Labute approximate surface area is 140 Å². The smallest absolute Gasteiger partial charge is 0.227 e. The van der Waals surface area contributed by atoms with Gasteiger partial charge < -0.3 is 14.7 Å². The number of rotatable bonds is 4. The maximum Gasteiger partial charge on any atom is 0.227 e. The molecule has 0 N–H and O–H groups in total. The molecule has 0 bridgehead atoms. The lowest BCUT2D eigenvalue weighted by atomic mass is 10.0. The van der Waals surface area contributed by atoms with Crippen molar-refractivity contribution in [3.05, 3.63) is 23.2 Å². The molecule has 3 heterocycles. The van der Waals surface area contributed by atoms with Gasteiger partial charge in [0.1, 0.15) is 11.4 Å². The summed E-state index contributed by atoms with van der Waals surface area (Å²) in [6.07, 6.45) is 3.56. The summed E-state index contributed by atoms with van der Waals surface area (Å²) < 4.78 is 0.495. The van der Waals surface area contributed by atoms with Gasteiger partial charge in [-0.1, -0.05) is 0 Å². The highest BCUT2D eigenvalue weighted by Gasteiger charge is 2.43. The molecule has 3 saturated heterocycles. The molecule has 0 aromatic heterocycles. The van der Waals surface area contributed by atoms with E-state index in [-0.39, 0.29) is 11.6 Å². The van der Waals surface area contributed by atoms with Crippen LogP contribution in [0.3, 0.4) is 0 Å². The molecule has 7 heteroatoms. The summed E-state index contributed by atoms with van der Waals surface area (Å²) in [4.78, 5) is 30.5. The highest BCUT2D eigenvalue weighted by Crippen LogP contribution is 2.33. The van der Waals surface area contributed by atoms with Gasteiger partial charge in [-0.3, -0.25) is 9.59 Å². The number of hydrogen-bond acceptors (Lipinski definition) is 7. The molecule has 0 spiro atoms. The second kappa shape index (κ2) is 6.20. The SMILES string of the molecule is CSC(C)S.O=C1C=C(N2CC2)C(=O)C(N2CC2)=C1N1CC1. The first-order chi connectivity index (χ1) is 10.5. The fraction of sp³-hybridized carbons (Fsp3) is 0.600. The lowest BCUT2D eigenvalue weighted by Crippen LogP contribution is -2.29. The van der Waals surface area contributed by atoms with E-state index in [9.17, 15) is 9.59 Å². The van der Waals surface area contributed by atoms with Crippen molar-refractivity contribution < 1.29 is 9.59 Å². The van der Waals surface area contributed by atoms with Gasteiger partial charge in [0.25, 0.3) is 0 Å². The maximum atomic E-state index is 12.4. The van der Waals surface area contributed by atoms with Crippen LogP contribution in [-0.2, 0) is 9.59 Å². The number of carbonyl (C=O) groups excluding carboxylic acids is 2. The fourth-order valence-electron chi connectivity index (χ4n) is 2.28. The van der Waals surface area contributed by atoms with Gasteiger partial charge in [0.05, 0.1) is 5.70 Å². The van der Waals surface area contributed by atoms with Crippen molar-refractivity contribution in [2.45, 2.75) is 11.5 Å². The molecule has 3 aliphatic heterocycles. The van der Waals surface area contributed by atoms with E-state index in [4.69, 9.17) is 0 Å². The summed E-state index contributed by atoms with van der Waals surface area (Å²) >= 11 is 5.80. The van der Waals surface area contributed by atoms with E-state index < -0.39 is 0 Å². The van der Waals surface area contributed by atoms with Gasteiger partial charge >= 0.3 is 0 Å². The minimum absolute atomic E-state index is 0.00546. The molecule has 22 heavy (non-hydrogen) atoms. The van der Waals surface area contributed by atoms with Crippen LogP contribution in [0.1, 0.15) is 6.92 Å². The van der Waals surface area contributed by atoms with E-state index in [0.29, 0.717) is 21.7 Å². The molecule has 5 nitrogen and oxygen atoms in total. The zero-order chi connectivity index (χ0) is 15.9. The molecule has 4 rings (SSSR count). The lowest BCUT2D eigenvalue weighted by Gasteiger charge is -2.21. The van der Waals surface area contributed by atoms with Gasteiger partial charge in [-0.05, 0) is 13.2 Å². The maximum absolute atomic E-state index is 12.4. The van der Waals surface area contributed by atoms with Crippen molar-refractivity contribution in [2.75, 3.05) is 45.5 Å². The summed E-state index contributed by atoms with van der Waals surface area (Å²) in [5.41, 5.74) is 1.89. The predicted octanol–water partition coefficient (Wildman–Crippen LogP) is 0.806. The average Bonchev–Trinajstić information content (AvgIpc) is 3.34.